The lowest BCUT2D eigenvalue weighted by Crippen LogP contribution is -2.30. The van der Waals surface area contributed by atoms with E-state index in [0.29, 0.717) is 16.3 Å². The zero-order valence-electron chi connectivity index (χ0n) is 15.4. The second kappa shape index (κ2) is 9.20. The van der Waals surface area contributed by atoms with Crippen molar-refractivity contribution >= 4 is 29.2 Å². The first kappa shape index (κ1) is 19.6. The summed E-state index contributed by atoms with van der Waals surface area (Å²) in [6, 6.07) is 24.3. The second-order valence-electron chi connectivity index (χ2n) is 6.30. The largest absolute Gasteiger partial charge is 0.452 e. The van der Waals surface area contributed by atoms with Crippen molar-refractivity contribution in [1.82, 2.24) is 0 Å². The van der Waals surface area contributed by atoms with E-state index in [9.17, 15) is 9.59 Å². The third-order valence-electron chi connectivity index (χ3n) is 4.24. The van der Waals surface area contributed by atoms with Crippen LogP contribution in [0.5, 0.6) is 0 Å². The number of para-hydroxylation sites is 1. The molecule has 0 spiro atoms. The van der Waals surface area contributed by atoms with E-state index in [2.05, 4.69) is 5.32 Å². The van der Waals surface area contributed by atoms with Crippen molar-refractivity contribution in [1.29, 1.82) is 0 Å². The molecule has 1 atom stereocenters. The molecule has 1 amide bonds. The molecule has 4 nitrogen and oxygen atoms in total. The molecule has 142 valence electrons. The van der Waals surface area contributed by atoms with Crippen LogP contribution >= 0.6 is 11.6 Å². The van der Waals surface area contributed by atoms with E-state index in [4.69, 9.17) is 16.3 Å². The number of benzene rings is 3. The van der Waals surface area contributed by atoms with Gasteiger partial charge in [0.2, 0.25) is 0 Å². The van der Waals surface area contributed by atoms with Crippen LogP contribution in [0, 0.1) is 0 Å². The van der Waals surface area contributed by atoms with Gasteiger partial charge in [0, 0.05) is 16.3 Å². The minimum atomic E-state index is -0.932. The number of hydrogen-bond donors (Lipinski definition) is 1. The van der Waals surface area contributed by atoms with Gasteiger partial charge in [-0.05, 0) is 30.2 Å². The van der Waals surface area contributed by atoms with Gasteiger partial charge in [0.15, 0.2) is 6.10 Å². The van der Waals surface area contributed by atoms with E-state index in [0.717, 1.165) is 11.1 Å². The van der Waals surface area contributed by atoms with Crippen LogP contribution in [0.2, 0.25) is 5.02 Å². The Morgan fingerprint density at radius 3 is 2.32 bits per heavy atom. The monoisotopic (exact) mass is 393 g/mol. The Hall–Kier alpha value is -3.11. The minimum Gasteiger partial charge on any atom is -0.452 e. The number of hydrogen-bond acceptors (Lipinski definition) is 3. The summed E-state index contributed by atoms with van der Waals surface area (Å²) in [6.45, 7) is 1.55. The quantitative estimate of drug-likeness (QED) is 0.591. The fourth-order valence-corrected chi connectivity index (χ4v) is 2.99. The standard InChI is InChI=1S/C23H20ClNO3/c1-16(28-22(26)15-18-11-5-7-13-20(18)24)23(27)25-21-14-8-6-12-19(21)17-9-3-2-4-10-17/h2-14,16H,15H2,1H3,(H,25,27)/t16-/m0/s1. The molecule has 0 aliphatic heterocycles. The Morgan fingerprint density at radius 1 is 0.929 bits per heavy atom. The van der Waals surface area contributed by atoms with Crippen molar-refractivity contribution in [2.24, 2.45) is 0 Å². The molecule has 0 saturated heterocycles. The lowest BCUT2D eigenvalue weighted by Gasteiger charge is -2.16. The highest BCUT2D eigenvalue weighted by atomic mass is 35.5. The lowest BCUT2D eigenvalue weighted by molar-refractivity contribution is -0.152. The molecular weight excluding hydrogens is 374 g/mol. The summed E-state index contributed by atoms with van der Waals surface area (Å²) in [5, 5.41) is 3.34. The van der Waals surface area contributed by atoms with Crippen LogP contribution in [-0.4, -0.2) is 18.0 Å². The number of amides is 1. The van der Waals surface area contributed by atoms with Crippen molar-refractivity contribution in [3.8, 4) is 11.1 Å². The molecule has 0 aliphatic rings. The van der Waals surface area contributed by atoms with Gasteiger partial charge in [0.05, 0.1) is 6.42 Å². The zero-order valence-corrected chi connectivity index (χ0v) is 16.1. The summed E-state index contributed by atoms with van der Waals surface area (Å²) in [5.74, 6) is -0.900. The summed E-state index contributed by atoms with van der Waals surface area (Å²) in [4.78, 5) is 24.7. The van der Waals surface area contributed by atoms with Crippen LogP contribution in [0.3, 0.4) is 0 Å². The number of anilines is 1. The third kappa shape index (κ3) is 4.99. The van der Waals surface area contributed by atoms with E-state index in [-0.39, 0.29) is 6.42 Å². The van der Waals surface area contributed by atoms with Crippen molar-refractivity contribution in [2.75, 3.05) is 5.32 Å². The molecule has 1 N–H and O–H groups in total. The van der Waals surface area contributed by atoms with Crippen molar-refractivity contribution in [2.45, 2.75) is 19.4 Å². The summed E-state index contributed by atoms with van der Waals surface area (Å²) >= 11 is 6.06. The van der Waals surface area contributed by atoms with Crippen LogP contribution in [0.15, 0.2) is 78.9 Å². The summed E-state index contributed by atoms with van der Waals surface area (Å²) in [7, 11) is 0. The average molecular weight is 394 g/mol. The number of nitrogens with one attached hydrogen (secondary N) is 1. The maximum absolute atomic E-state index is 12.5. The molecule has 5 heteroatoms. The highest BCUT2D eigenvalue weighted by Gasteiger charge is 2.20. The first-order chi connectivity index (χ1) is 13.5. The molecule has 0 aromatic heterocycles. The molecule has 3 rings (SSSR count). The number of rotatable bonds is 6. The molecule has 3 aromatic rings. The predicted octanol–water partition coefficient (Wildman–Crippen LogP) is 5.12. The fraction of sp³-hybridized carbons (Fsp3) is 0.130. The number of esters is 1. The van der Waals surface area contributed by atoms with Gasteiger partial charge in [-0.2, -0.15) is 0 Å². The number of carbonyl (C=O) groups excluding carboxylic acids is 2. The molecule has 0 saturated carbocycles. The van der Waals surface area contributed by atoms with E-state index in [1.54, 1.807) is 31.2 Å². The fourth-order valence-electron chi connectivity index (χ4n) is 2.79. The van der Waals surface area contributed by atoms with Crippen molar-refractivity contribution < 1.29 is 14.3 Å². The average Bonchev–Trinajstić information content (AvgIpc) is 2.70. The Kier molecular flexibility index (Phi) is 6.45. The molecule has 28 heavy (non-hydrogen) atoms. The van der Waals surface area contributed by atoms with Crippen LogP contribution < -0.4 is 5.32 Å². The molecule has 0 aliphatic carbocycles. The van der Waals surface area contributed by atoms with E-state index < -0.39 is 18.0 Å². The Morgan fingerprint density at radius 2 is 1.57 bits per heavy atom. The van der Waals surface area contributed by atoms with Gasteiger partial charge >= 0.3 is 5.97 Å². The second-order valence-corrected chi connectivity index (χ2v) is 6.71. The summed E-state index contributed by atoms with van der Waals surface area (Å²) < 4.78 is 5.28. The van der Waals surface area contributed by atoms with Crippen molar-refractivity contribution in [3.63, 3.8) is 0 Å². The van der Waals surface area contributed by atoms with Gasteiger partial charge in [-0.15, -0.1) is 0 Å². The Balaban J connectivity index is 1.65. The molecule has 0 radical (unpaired) electrons. The predicted molar refractivity (Wildman–Crippen MR) is 111 cm³/mol. The smallest absolute Gasteiger partial charge is 0.311 e. The molecule has 3 aromatic carbocycles. The van der Waals surface area contributed by atoms with Crippen LogP contribution in [0.1, 0.15) is 12.5 Å². The topological polar surface area (TPSA) is 55.4 Å². The lowest BCUT2D eigenvalue weighted by atomic mass is 10.0. The van der Waals surface area contributed by atoms with Crippen LogP contribution in [-0.2, 0) is 20.7 Å². The van der Waals surface area contributed by atoms with E-state index in [1.165, 1.54) is 0 Å². The molecule has 0 unspecified atom stereocenters. The number of ether oxygens (including phenoxy) is 1. The van der Waals surface area contributed by atoms with Gasteiger partial charge in [0.1, 0.15) is 0 Å². The molecule has 0 fully saturated rings. The number of carbonyl (C=O) groups is 2. The normalized spacial score (nSPS) is 11.5. The summed E-state index contributed by atoms with van der Waals surface area (Å²) in [5.41, 5.74) is 3.21. The highest BCUT2D eigenvalue weighted by molar-refractivity contribution is 6.31. The van der Waals surface area contributed by atoms with Gasteiger partial charge in [0.25, 0.3) is 5.91 Å². The van der Waals surface area contributed by atoms with Crippen molar-refractivity contribution in [3.05, 3.63) is 89.4 Å². The number of halogens is 1. The minimum absolute atomic E-state index is 0.0118. The SMILES string of the molecule is C[C@H](OC(=O)Cc1ccccc1Cl)C(=O)Nc1ccccc1-c1ccccc1. The molecule has 0 bridgehead atoms. The molecular formula is C23H20ClNO3. The van der Waals surface area contributed by atoms with Crippen LogP contribution in [0.25, 0.3) is 11.1 Å². The van der Waals surface area contributed by atoms with E-state index in [1.807, 2.05) is 54.6 Å². The third-order valence-corrected chi connectivity index (χ3v) is 4.61. The van der Waals surface area contributed by atoms with Gasteiger partial charge < -0.3 is 10.1 Å². The van der Waals surface area contributed by atoms with Gasteiger partial charge in [-0.25, -0.2) is 0 Å². The Bertz CT molecular complexity index is 972. The first-order valence-corrected chi connectivity index (χ1v) is 9.30. The van der Waals surface area contributed by atoms with Gasteiger partial charge in [-0.3, -0.25) is 9.59 Å². The zero-order chi connectivity index (χ0) is 19.9. The maximum atomic E-state index is 12.5. The first-order valence-electron chi connectivity index (χ1n) is 8.93. The van der Waals surface area contributed by atoms with Crippen LogP contribution in [0.4, 0.5) is 5.69 Å². The molecule has 0 heterocycles. The maximum Gasteiger partial charge on any atom is 0.311 e. The van der Waals surface area contributed by atoms with Gasteiger partial charge in [-0.1, -0.05) is 78.3 Å². The Labute approximate surface area is 169 Å². The highest BCUT2D eigenvalue weighted by Crippen LogP contribution is 2.27. The summed E-state index contributed by atoms with van der Waals surface area (Å²) in [6.07, 6.45) is -0.920. The van der Waals surface area contributed by atoms with E-state index >= 15 is 0 Å².